The van der Waals surface area contributed by atoms with Gasteiger partial charge in [0, 0.05) is 9.80 Å². The van der Waals surface area contributed by atoms with Gasteiger partial charge in [-0.25, -0.2) is 0 Å². The average molecular weight is 334 g/mol. The summed E-state index contributed by atoms with van der Waals surface area (Å²) in [6.07, 6.45) is 2.47. The smallest absolute Gasteiger partial charge is 0.0175 e. The van der Waals surface area contributed by atoms with E-state index in [4.69, 9.17) is 0 Å². The van der Waals surface area contributed by atoms with Gasteiger partial charge < -0.3 is 0 Å². The van der Waals surface area contributed by atoms with Crippen LogP contribution in [0.1, 0.15) is 25.8 Å². The zero-order chi connectivity index (χ0) is 11.3. The predicted molar refractivity (Wildman–Crippen MR) is 74.6 cm³/mol. The van der Waals surface area contributed by atoms with Crippen LogP contribution in [0.3, 0.4) is 0 Å². The van der Waals surface area contributed by atoms with E-state index in [2.05, 4.69) is 70.0 Å². The van der Waals surface area contributed by atoms with E-state index in [9.17, 15) is 0 Å². The van der Waals surface area contributed by atoms with E-state index in [1.54, 1.807) is 0 Å². The lowest BCUT2D eigenvalue weighted by atomic mass is 9.93. The zero-order valence-electron chi connectivity index (χ0n) is 9.34. The lowest BCUT2D eigenvalue weighted by Gasteiger charge is -2.16. The highest BCUT2D eigenvalue weighted by atomic mass is 79.9. The first kappa shape index (κ1) is 13.2. The van der Waals surface area contributed by atoms with Crippen LogP contribution >= 0.6 is 31.9 Å². The van der Waals surface area contributed by atoms with Crippen LogP contribution in [0.4, 0.5) is 0 Å². The second-order valence-corrected chi connectivity index (χ2v) is 6.04. The fourth-order valence-corrected chi connectivity index (χ4v) is 2.58. The van der Waals surface area contributed by atoms with Gasteiger partial charge in [0.25, 0.3) is 0 Å². The Morgan fingerprint density at radius 1 is 1.13 bits per heavy atom. The average Bonchev–Trinajstić information content (AvgIpc) is 2.19. The van der Waals surface area contributed by atoms with Crippen molar-refractivity contribution < 1.29 is 0 Å². The SMILES string of the molecule is CC(C)CC(CBr)Cc1ccc(Br)cc1. The number of hydrogen-bond donors (Lipinski definition) is 0. The Morgan fingerprint density at radius 2 is 1.73 bits per heavy atom. The Labute approximate surface area is 110 Å². The maximum Gasteiger partial charge on any atom is 0.0175 e. The highest BCUT2D eigenvalue weighted by molar-refractivity contribution is 9.10. The van der Waals surface area contributed by atoms with Crippen molar-refractivity contribution in [2.75, 3.05) is 5.33 Å². The number of alkyl halides is 1. The molecule has 0 bridgehead atoms. The summed E-state index contributed by atoms with van der Waals surface area (Å²) >= 11 is 7.07. The number of benzene rings is 1. The molecule has 0 saturated carbocycles. The molecule has 84 valence electrons. The van der Waals surface area contributed by atoms with Crippen molar-refractivity contribution in [3.63, 3.8) is 0 Å². The quantitative estimate of drug-likeness (QED) is 0.661. The fraction of sp³-hybridized carbons (Fsp3) is 0.538. The molecule has 1 atom stereocenters. The van der Waals surface area contributed by atoms with E-state index >= 15 is 0 Å². The topological polar surface area (TPSA) is 0 Å². The van der Waals surface area contributed by atoms with Gasteiger partial charge in [0.2, 0.25) is 0 Å². The Hall–Kier alpha value is 0.180. The van der Waals surface area contributed by atoms with Crippen molar-refractivity contribution in [3.8, 4) is 0 Å². The van der Waals surface area contributed by atoms with E-state index < -0.39 is 0 Å². The number of rotatable bonds is 5. The third-order valence-electron chi connectivity index (χ3n) is 2.46. The van der Waals surface area contributed by atoms with Gasteiger partial charge in [-0.15, -0.1) is 0 Å². The first-order valence-electron chi connectivity index (χ1n) is 5.42. The lowest BCUT2D eigenvalue weighted by Crippen LogP contribution is -2.09. The Morgan fingerprint density at radius 3 is 2.20 bits per heavy atom. The third kappa shape index (κ3) is 5.17. The van der Waals surface area contributed by atoms with Crippen LogP contribution in [0.25, 0.3) is 0 Å². The minimum absolute atomic E-state index is 0.756. The molecule has 0 N–H and O–H groups in total. The molecule has 0 heterocycles. The molecule has 0 aliphatic carbocycles. The molecule has 1 rings (SSSR count). The largest absolute Gasteiger partial charge is 0.0925 e. The molecule has 0 aromatic heterocycles. The van der Waals surface area contributed by atoms with Crippen LogP contribution in [-0.2, 0) is 6.42 Å². The Balaban J connectivity index is 2.54. The third-order valence-corrected chi connectivity index (χ3v) is 3.90. The van der Waals surface area contributed by atoms with E-state index in [1.165, 1.54) is 18.4 Å². The first-order chi connectivity index (χ1) is 7.11. The Kier molecular flexibility index (Phi) is 5.91. The first-order valence-corrected chi connectivity index (χ1v) is 7.33. The van der Waals surface area contributed by atoms with Crippen LogP contribution in [0.2, 0.25) is 0 Å². The van der Waals surface area contributed by atoms with Gasteiger partial charge >= 0.3 is 0 Å². The van der Waals surface area contributed by atoms with Gasteiger partial charge in [-0.05, 0) is 42.4 Å². The van der Waals surface area contributed by atoms with Gasteiger partial charge in [-0.3, -0.25) is 0 Å². The molecule has 0 radical (unpaired) electrons. The van der Waals surface area contributed by atoms with Gasteiger partial charge in [0.05, 0.1) is 0 Å². The second-order valence-electron chi connectivity index (χ2n) is 4.48. The van der Waals surface area contributed by atoms with Crippen molar-refractivity contribution in [1.29, 1.82) is 0 Å². The normalized spacial score (nSPS) is 13.1. The molecule has 0 spiro atoms. The molecule has 2 heteroatoms. The molecule has 1 unspecified atom stereocenters. The molecular formula is C13H18Br2. The zero-order valence-corrected chi connectivity index (χ0v) is 12.5. The van der Waals surface area contributed by atoms with Crippen LogP contribution in [0, 0.1) is 11.8 Å². The minimum Gasteiger partial charge on any atom is -0.0925 e. The van der Waals surface area contributed by atoms with Crippen LogP contribution < -0.4 is 0 Å². The predicted octanol–water partition coefficient (Wildman–Crippen LogP) is 5.05. The summed E-state index contributed by atoms with van der Waals surface area (Å²) in [6, 6.07) is 8.66. The molecule has 0 aliphatic heterocycles. The highest BCUT2D eigenvalue weighted by Gasteiger charge is 2.10. The molecule has 0 aliphatic rings. The Bertz CT molecular complexity index is 277. The van der Waals surface area contributed by atoms with E-state index in [0.717, 1.165) is 21.6 Å². The highest BCUT2D eigenvalue weighted by Crippen LogP contribution is 2.20. The van der Waals surface area contributed by atoms with Crippen molar-refractivity contribution in [1.82, 2.24) is 0 Å². The summed E-state index contributed by atoms with van der Waals surface area (Å²) in [7, 11) is 0. The molecule has 1 aromatic carbocycles. The number of halogens is 2. The van der Waals surface area contributed by atoms with Gasteiger partial charge in [0.1, 0.15) is 0 Å². The monoisotopic (exact) mass is 332 g/mol. The summed E-state index contributed by atoms with van der Waals surface area (Å²) < 4.78 is 1.16. The minimum atomic E-state index is 0.756. The lowest BCUT2D eigenvalue weighted by molar-refractivity contribution is 0.445. The van der Waals surface area contributed by atoms with E-state index in [1.807, 2.05) is 0 Å². The van der Waals surface area contributed by atoms with Crippen molar-refractivity contribution in [2.45, 2.75) is 26.7 Å². The van der Waals surface area contributed by atoms with Crippen molar-refractivity contribution in [2.24, 2.45) is 11.8 Å². The van der Waals surface area contributed by atoms with Crippen LogP contribution in [0.15, 0.2) is 28.7 Å². The summed E-state index contributed by atoms with van der Waals surface area (Å²) in [6.45, 7) is 4.58. The summed E-state index contributed by atoms with van der Waals surface area (Å²) in [4.78, 5) is 0. The molecule has 0 amide bonds. The van der Waals surface area contributed by atoms with E-state index in [0.29, 0.717) is 0 Å². The second kappa shape index (κ2) is 6.70. The molecule has 15 heavy (non-hydrogen) atoms. The van der Waals surface area contributed by atoms with Gasteiger partial charge in [-0.1, -0.05) is 57.8 Å². The van der Waals surface area contributed by atoms with Gasteiger partial charge in [0.15, 0.2) is 0 Å². The summed E-state index contributed by atoms with van der Waals surface area (Å²) in [5, 5.41) is 1.10. The van der Waals surface area contributed by atoms with Crippen molar-refractivity contribution >= 4 is 31.9 Å². The summed E-state index contributed by atoms with van der Waals surface area (Å²) in [5.74, 6) is 1.54. The van der Waals surface area contributed by atoms with E-state index in [-0.39, 0.29) is 0 Å². The number of hydrogen-bond acceptors (Lipinski definition) is 0. The van der Waals surface area contributed by atoms with Crippen LogP contribution in [0.5, 0.6) is 0 Å². The van der Waals surface area contributed by atoms with Crippen molar-refractivity contribution in [3.05, 3.63) is 34.3 Å². The summed E-state index contributed by atoms with van der Waals surface area (Å²) in [5.41, 5.74) is 1.43. The van der Waals surface area contributed by atoms with Crippen LogP contribution in [-0.4, -0.2) is 5.33 Å². The molecule has 0 nitrogen and oxygen atoms in total. The maximum atomic E-state index is 3.61. The molecular weight excluding hydrogens is 316 g/mol. The molecule has 1 aromatic rings. The standard InChI is InChI=1S/C13H18Br2/c1-10(2)7-12(9-14)8-11-3-5-13(15)6-4-11/h3-6,10,12H,7-9H2,1-2H3. The fourth-order valence-electron chi connectivity index (χ4n) is 1.82. The molecule has 0 fully saturated rings. The maximum absolute atomic E-state index is 3.61. The van der Waals surface area contributed by atoms with Gasteiger partial charge in [-0.2, -0.15) is 0 Å². The molecule has 0 saturated heterocycles.